The largest absolute Gasteiger partial charge is 0.377 e. The third-order valence-electron chi connectivity index (χ3n) is 3.10. The van der Waals surface area contributed by atoms with Crippen molar-refractivity contribution in [1.82, 2.24) is 15.6 Å². The minimum absolute atomic E-state index is 0. The molecule has 0 aliphatic carbocycles. The van der Waals surface area contributed by atoms with Gasteiger partial charge in [0.1, 0.15) is 0 Å². The normalized spacial score (nSPS) is 12.0. The molecule has 21 heavy (non-hydrogen) atoms. The Kier molecular flexibility index (Phi) is 9.39. The van der Waals surface area contributed by atoms with Crippen LogP contribution in [0.15, 0.2) is 4.99 Å². The lowest BCUT2D eigenvalue weighted by molar-refractivity contribution is 0.0268. The molecule has 5 nitrogen and oxygen atoms in total. The van der Waals surface area contributed by atoms with Crippen molar-refractivity contribution in [2.24, 2.45) is 4.99 Å². The van der Waals surface area contributed by atoms with E-state index in [1.54, 1.807) is 25.5 Å². The summed E-state index contributed by atoms with van der Waals surface area (Å²) in [6.07, 6.45) is 0.964. The Bertz CT molecular complexity index is 460. The SMILES string of the molecule is CN=C(NCCc1sc(C)nc1C)NCC(C)(C)OC.I. The molecular formula is C14H27IN4OS. The van der Waals surface area contributed by atoms with Crippen molar-refractivity contribution in [3.05, 3.63) is 15.6 Å². The van der Waals surface area contributed by atoms with E-state index in [1.165, 1.54) is 4.88 Å². The molecular weight excluding hydrogens is 399 g/mol. The number of guanidine groups is 1. The smallest absolute Gasteiger partial charge is 0.191 e. The van der Waals surface area contributed by atoms with E-state index in [0.717, 1.165) is 29.6 Å². The molecule has 2 N–H and O–H groups in total. The molecule has 1 aromatic rings. The van der Waals surface area contributed by atoms with E-state index in [0.29, 0.717) is 6.54 Å². The molecule has 0 aliphatic rings. The monoisotopic (exact) mass is 426 g/mol. The Hall–Kier alpha value is -0.410. The molecule has 0 aromatic carbocycles. The number of methoxy groups -OCH3 is 1. The molecule has 0 saturated carbocycles. The number of aliphatic imine (C=N–C) groups is 1. The van der Waals surface area contributed by atoms with Crippen LogP contribution in [0.4, 0.5) is 0 Å². The summed E-state index contributed by atoms with van der Waals surface area (Å²) >= 11 is 1.76. The van der Waals surface area contributed by atoms with Crippen LogP contribution >= 0.6 is 35.3 Å². The van der Waals surface area contributed by atoms with Crippen LogP contribution in [-0.4, -0.2) is 43.8 Å². The lowest BCUT2D eigenvalue weighted by atomic mass is 10.1. The highest BCUT2D eigenvalue weighted by Gasteiger charge is 2.16. The van der Waals surface area contributed by atoms with Crippen molar-refractivity contribution in [1.29, 1.82) is 0 Å². The van der Waals surface area contributed by atoms with Crippen LogP contribution < -0.4 is 10.6 Å². The summed E-state index contributed by atoms with van der Waals surface area (Å²) in [6.45, 7) is 9.74. The molecule has 0 unspecified atom stereocenters. The van der Waals surface area contributed by atoms with Crippen LogP contribution in [0.2, 0.25) is 0 Å². The van der Waals surface area contributed by atoms with Gasteiger partial charge in [0.15, 0.2) is 5.96 Å². The highest BCUT2D eigenvalue weighted by atomic mass is 127. The summed E-state index contributed by atoms with van der Waals surface area (Å²) in [5.41, 5.74) is 0.931. The number of aryl methyl sites for hydroxylation is 2. The van der Waals surface area contributed by atoms with Gasteiger partial charge in [-0.1, -0.05) is 0 Å². The Labute approximate surface area is 149 Å². The van der Waals surface area contributed by atoms with Gasteiger partial charge >= 0.3 is 0 Å². The summed E-state index contributed by atoms with van der Waals surface area (Å²) in [4.78, 5) is 9.98. The van der Waals surface area contributed by atoms with Gasteiger partial charge in [-0.3, -0.25) is 4.99 Å². The number of thiazole rings is 1. The standard InChI is InChI=1S/C14H26N4OS.HI/c1-10-12(20-11(2)18-10)7-8-16-13(15-5)17-9-14(3,4)19-6;/h7-9H2,1-6H3,(H2,15,16,17);1H. The Morgan fingerprint density at radius 3 is 2.48 bits per heavy atom. The molecule has 0 fully saturated rings. The second-order valence-corrected chi connectivity index (χ2v) is 6.60. The van der Waals surface area contributed by atoms with Gasteiger partial charge in [0, 0.05) is 38.5 Å². The summed E-state index contributed by atoms with van der Waals surface area (Å²) in [6, 6.07) is 0. The van der Waals surface area contributed by atoms with Gasteiger partial charge in [0.2, 0.25) is 0 Å². The van der Waals surface area contributed by atoms with Gasteiger partial charge in [-0.15, -0.1) is 35.3 Å². The van der Waals surface area contributed by atoms with Gasteiger partial charge in [-0.25, -0.2) is 4.98 Å². The van der Waals surface area contributed by atoms with Gasteiger partial charge in [0.05, 0.1) is 16.3 Å². The van der Waals surface area contributed by atoms with E-state index < -0.39 is 0 Å². The van der Waals surface area contributed by atoms with E-state index in [1.807, 2.05) is 20.8 Å². The number of nitrogens with zero attached hydrogens (tertiary/aromatic N) is 2. The van der Waals surface area contributed by atoms with Gasteiger partial charge < -0.3 is 15.4 Å². The van der Waals surface area contributed by atoms with Gasteiger partial charge in [-0.2, -0.15) is 0 Å². The highest BCUT2D eigenvalue weighted by Crippen LogP contribution is 2.16. The zero-order chi connectivity index (χ0) is 15.2. The fourth-order valence-electron chi connectivity index (χ4n) is 1.69. The molecule has 1 aromatic heterocycles. The van der Waals surface area contributed by atoms with Crippen molar-refractivity contribution in [3.8, 4) is 0 Å². The summed E-state index contributed by atoms with van der Waals surface area (Å²) in [5, 5.41) is 7.71. The molecule has 7 heteroatoms. The minimum atomic E-state index is -0.205. The zero-order valence-corrected chi connectivity index (χ0v) is 16.9. The Balaban J connectivity index is 0.00000400. The van der Waals surface area contributed by atoms with Crippen molar-refractivity contribution >= 4 is 41.3 Å². The topological polar surface area (TPSA) is 58.5 Å². The van der Waals surface area contributed by atoms with Gasteiger partial charge in [0.25, 0.3) is 0 Å². The summed E-state index contributed by atoms with van der Waals surface area (Å²) in [5.74, 6) is 0.800. The van der Waals surface area contributed by atoms with Crippen LogP contribution in [0.1, 0.15) is 29.4 Å². The summed E-state index contributed by atoms with van der Waals surface area (Å²) < 4.78 is 5.37. The van der Waals surface area contributed by atoms with Crippen molar-refractivity contribution in [2.75, 3.05) is 27.2 Å². The first-order valence-corrected chi connectivity index (χ1v) is 7.62. The molecule has 0 aliphatic heterocycles. The van der Waals surface area contributed by atoms with Gasteiger partial charge in [-0.05, 0) is 27.7 Å². The molecule has 0 saturated heterocycles. The number of ether oxygens (including phenoxy) is 1. The lowest BCUT2D eigenvalue weighted by Gasteiger charge is -2.24. The van der Waals surface area contributed by atoms with Crippen LogP contribution in [0.3, 0.4) is 0 Å². The number of nitrogens with one attached hydrogen (secondary N) is 2. The first-order valence-electron chi connectivity index (χ1n) is 6.80. The average molecular weight is 426 g/mol. The number of hydrogen-bond donors (Lipinski definition) is 2. The van der Waals surface area contributed by atoms with E-state index in [2.05, 4.69) is 27.5 Å². The molecule has 122 valence electrons. The number of aromatic nitrogens is 1. The predicted molar refractivity (Wildman–Crippen MR) is 101 cm³/mol. The minimum Gasteiger partial charge on any atom is -0.377 e. The molecule has 0 bridgehead atoms. The molecule has 0 atom stereocenters. The lowest BCUT2D eigenvalue weighted by Crippen LogP contribution is -2.45. The maximum absolute atomic E-state index is 5.37. The third kappa shape index (κ3) is 7.42. The third-order valence-corrected chi connectivity index (χ3v) is 4.23. The number of rotatable bonds is 6. The first kappa shape index (κ1) is 20.6. The molecule has 1 heterocycles. The maximum atomic E-state index is 5.37. The Morgan fingerprint density at radius 2 is 2.00 bits per heavy atom. The first-order chi connectivity index (χ1) is 9.38. The van der Waals surface area contributed by atoms with E-state index in [9.17, 15) is 0 Å². The number of hydrogen-bond acceptors (Lipinski definition) is 4. The van der Waals surface area contributed by atoms with Crippen molar-refractivity contribution in [3.63, 3.8) is 0 Å². The molecule has 0 radical (unpaired) electrons. The van der Waals surface area contributed by atoms with E-state index in [4.69, 9.17) is 4.74 Å². The van der Waals surface area contributed by atoms with E-state index >= 15 is 0 Å². The van der Waals surface area contributed by atoms with Crippen LogP contribution in [0.5, 0.6) is 0 Å². The highest BCUT2D eigenvalue weighted by molar-refractivity contribution is 14.0. The second-order valence-electron chi connectivity index (χ2n) is 5.31. The summed E-state index contributed by atoms with van der Waals surface area (Å²) in [7, 11) is 3.49. The second kappa shape index (κ2) is 9.58. The Morgan fingerprint density at radius 1 is 1.33 bits per heavy atom. The maximum Gasteiger partial charge on any atom is 0.191 e. The fourth-order valence-corrected chi connectivity index (χ4v) is 2.63. The molecule has 0 spiro atoms. The van der Waals surface area contributed by atoms with Crippen molar-refractivity contribution in [2.45, 2.75) is 39.7 Å². The van der Waals surface area contributed by atoms with Crippen LogP contribution in [-0.2, 0) is 11.2 Å². The quantitative estimate of drug-likeness (QED) is 0.417. The fraction of sp³-hybridized carbons (Fsp3) is 0.714. The zero-order valence-electron chi connectivity index (χ0n) is 13.7. The van der Waals surface area contributed by atoms with Crippen molar-refractivity contribution < 1.29 is 4.74 Å². The van der Waals surface area contributed by atoms with Crippen LogP contribution in [0.25, 0.3) is 0 Å². The van der Waals surface area contributed by atoms with E-state index in [-0.39, 0.29) is 29.6 Å². The molecule has 1 rings (SSSR count). The van der Waals surface area contributed by atoms with Crippen LogP contribution in [0, 0.1) is 13.8 Å². The number of halogens is 1. The average Bonchev–Trinajstić information content (AvgIpc) is 2.72. The predicted octanol–water partition coefficient (Wildman–Crippen LogP) is 2.51. The molecule has 0 amide bonds.